The van der Waals surface area contributed by atoms with Gasteiger partial charge in [0.15, 0.2) is 0 Å². The maximum absolute atomic E-state index is 10.3. The number of rotatable bonds is 4. The van der Waals surface area contributed by atoms with Crippen molar-refractivity contribution < 1.29 is 14.6 Å². The van der Waals surface area contributed by atoms with Crippen LogP contribution in [0.25, 0.3) is 0 Å². The normalized spacial score (nSPS) is 15.8. The van der Waals surface area contributed by atoms with E-state index in [1.54, 1.807) is 0 Å². The third-order valence-electron chi connectivity index (χ3n) is 2.30. The average molecular weight is 175 g/mol. The fraction of sp³-hybridized carbons (Fsp3) is 0.875. The number of hydrogen-bond acceptors (Lipinski definition) is 3. The quantitative estimate of drug-likeness (QED) is 0.661. The van der Waals surface area contributed by atoms with Gasteiger partial charge >= 0.3 is 6.09 Å². The van der Waals surface area contributed by atoms with Gasteiger partial charge in [-0.15, -0.1) is 0 Å². The summed E-state index contributed by atoms with van der Waals surface area (Å²) in [5, 5.41) is 9.04. The van der Waals surface area contributed by atoms with Gasteiger partial charge in [-0.05, 0) is 5.92 Å². The minimum Gasteiger partial charge on any atom is -0.449 e. The number of amides is 1. The van der Waals surface area contributed by atoms with Crippen LogP contribution >= 0.6 is 0 Å². The highest BCUT2D eigenvalue weighted by atomic mass is 16.5. The highest BCUT2D eigenvalue weighted by molar-refractivity contribution is 5.64. The number of aliphatic hydroxyl groups is 1. The Kier molecular flexibility index (Phi) is 4.03. The first-order valence-electron chi connectivity index (χ1n) is 3.95. The minimum absolute atomic E-state index is 0.0159. The van der Waals surface area contributed by atoms with Crippen LogP contribution in [0.1, 0.15) is 20.8 Å². The molecule has 4 heteroatoms. The molecule has 0 aromatic heterocycles. The predicted molar refractivity (Wildman–Crippen MR) is 45.6 cm³/mol. The Morgan fingerprint density at radius 3 is 2.42 bits per heavy atom. The molecule has 1 atom stereocenters. The zero-order valence-electron chi connectivity index (χ0n) is 7.83. The van der Waals surface area contributed by atoms with Crippen LogP contribution < -0.4 is 5.73 Å². The van der Waals surface area contributed by atoms with Crippen LogP contribution in [0, 0.1) is 11.3 Å². The summed E-state index contributed by atoms with van der Waals surface area (Å²) in [6.45, 7) is 5.91. The SMILES string of the molecule is CC(C)C(C)(CO)COC(N)=O. The van der Waals surface area contributed by atoms with Gasteiger partial charge in [0.25, 0.3) is 0 Å². The van der Waals surface area contributed by atoms with E-state index in [1.807, 2.05) is 20.8 Å². The van der Waals surface area contributed by atoms with Crippen molar-refractivity contribution in [2.75, 3.05) is 13.2 Å². The van der Waals surface area contributed by atoms with Crippen LogP contribution in [-0.2, 0) is 4.74 Å². The van der Waals surface area contributed by atoms with Gasteiger partial charge in [0, 0.05) is 5.41 Å². The van der Waals surface area contributed by atoms with Crippen molar-refractivity contribution in [3.05, 3.63) is 0 Å². The molecular formula is C8H17NO3. The molecule has 0 aliphatic heterocycles. The van der Waals surface area contributed by atoms with Crippen molar-refractivity contribution in [2.24, 2.45) is 17.1 Å². The van der Waals surface area contributed by atoms with E-state index in [9.17, 15) is 4.79 Å². The van der Waals surface area contributed by atoms with E-state index in [4.69, 9.17) is 10.8 Å². The Balaban J connectivity index is 4.05. The number of carbonyl (C=O) groups is 1. The van der Waals surface area contributed by atoms with Crippen molar-refractivity contribution in [3.8, 4) is 0 Å². The summed E-state index contributed by atoms with van der Waals surface area (Å²) in [4.78, 5) is 10.3. The second-order valence-corrected chi connectivity index (χ2v) is 3.57. The maximum atomic E-state index is 10.3. The summed E-state index contributed by atoms with van der Waals surface area (Å²) in [6.07, 6.45) is -0.796. The standard InChI is InChI=1S/C8H17NO3/c1-6(2)8(3,4-10)5-12-7(9)11/h6,10H,4-5H2,1-3H3,(H2,9,11). The van der Waals surface area contributed by atoms with E-state index < -0.39 is 11.5 Å². The molecule has 0 fully saturated rings. The zero-order chi connectivity index (χ0) is 9.78. The molecule has 0 saturated heterocycles. The molecule has 0 radical (unpaired) electrons. The van der Waals surface area contributed by atoms with Crippen molar-refractivity contribution in [1.29, 1.82) is 0 Å². The molecule has 0 aliphatic carbocycles. The average Bonchev–Trinajstić information content (AvgIpc) is 1.99. The molecule has 3 N–H and O–H groups in total. The Morgan fingerprint density at radius 1 is 1.67 bits per heavy atom. The molecule has 72 valence electrons. The molecule has 1 amide bonds. The Bertz CT molecular complexity index is 158. The molecule has 1 unspecified atom stereocenters. The molecule has 0 spiro atoms. The fourth-order valence-corrected chi connectivity index (χ4v) is 0.631. The fourth-order valence-electron chi connectivity index (χ4n) is 0.631. The Hall–Kier alpha value is -0.770. The second-order valence-electron chi connectivity index (χ2n) is 3.57. The lowest BCUT2D eigenvalue weighted by molar-refractivity contribution is 0.0219. The highest BCUT2D eigenvalue weighted by Crippen LogP contribution is 2.26. The van der Waals surface area contributed by atoms with Crippen LogP contribution in [0.4, 0.5) is 4.79 Å². The van der Waals surface area contributed by atoms with E-state index in [1.165, 1.54) is 0 Å². The van der Waals surface area contributed by atoms with Crippen molar-refractivity contribution >= 4 is 6.09 Å². The summed E-state index contributed by atoms with van der Waals surface area (Å²) in [5.41, 5.74) is 4.42. The first-order chi connectivity index (χ1) is 5.42. The third kappa shape index (κ3) is 3.09. The molecular weight excluding hydrogens is 158 g/mol. The summed E-state index contributed by atoms with van der Waals surface area (Å²) < 4.78 is 4.64. The van der Waals surface area contributed by atoms with Crippen molar-refractivity contribution in [3.63, 3.8) is 0 Å². The number of aliphatic hydroxyl groups excluding tert-OH is 1. The minimum atomic E-state index is -0.796. The summed E-state index contributed by atoms with van der Waals surface area (Å²) in [7, 11) is 0. The molecule has 4 nitrogen and oxygen atoms in total. The van der Waals surface area contributed by atoms with Gasteiger partial charge in [-0.25, -0.2) is 4.79 Å². The number of nitrogens with two attached hydrogens (primary N) is 1. The monoisotopic (exact) mass is 175 g/mol. The molecule has 0 aliphatic rings. The van der Waals surface area contributed by atoms with Crippen LogP contribution in [-0.4, -0.2) is 24.4 Å². The van der Waals surface area contributed by atoms with Crippen LogP contribution in [0.15, 0.2) is 0 Å². The first kappa shape index (κ1) is 11.2. The first-order valence-corrected chi connectivity index (χ1v) is 3.95. The largest absolute Gasteiger partial charge is 0.449 e. The van der Waals surface area contributed by atoms with Gasteiger partial charge in [0.1, 0.15) is 6.61 Å². The van der Waals surface area contributed by atoms with Crippen molar-refractivity contribution in [1.82, 2.24) is 0 Å². The number of hydrogen-bond donors (Lipinski definition) is 2. The lowest BCUT2D eigenvalue weighted by Gasteiger charge is -2.30. The van der Waals surface area contributed by atoms with Gasteiger partial charge in [-0.1, -0.05) is 20.8 Å². The lowest BCUT2D eigenvalue weighted by Crippen LogP contribution is -2.35. The van der Waals surface area contributed by atoms with E-state index in [-0.39, 0.29) is 19.1 Å². The zero-order valence-corrected chi connectivity index (χ0v) is 7.83. The van der Waals surface area contributed by atoms with E-state index in [0.29, 0.717) is 0 Å². The molecule has 0 bridgehead atoms. The smallest absolute Gasteiger partial charge is 0.404 e. The predicted octanol–water partition coefficient (Wildman–Crippen LogP) is 0.736. The number of ether oxygens (including phenoxy) is 1. The number of primary amides is 1. The van der Waals surface area contributed by atoms with Gasteiger partial charge in [-0.3, -0.25) is 0 Å². The van der Waals surface area contributed by atoms with Gasteiger partial charge in [0.05, 0.1) is 6.61 Å². The topological polar surface area (TPSA) is 72.6 Å². The lowest BCUT2D eigenvalue weighted by atomic mass is 9.81. The van der Waals surface area contributed by atoms with E-state index in [0.717, 1.165) is 0 Å². The molecule has 12 heavy (non-hydrogen) atoms. The Morgan fingerprint density at radius 2 is 2.17 bits per heavy atom. The van der Waals surface area contributed by atoms with Crippen LogP contribution in [0.5, 0.6) is 0 Å². The molecule has 0 rings (SSSR count). The molecule has 0 aromatic carbocycles. The Labute approximate surface area is 72.7 Å². The van der Waals surface area contributed by atoms with Crippen molar-refractivity contribution in [2.45, 2.75) is 20.8 Å². The molecule has 0 saturated carbocycles. The molecule has 0 heterocycles. The number of carbonyl (C=O) groups excluding carboxylic acids is 1. The summed E-state index contributed by atoms with van der Waals surface area (Å²) in [5.74, 6) is 0.238. The third-order valence-corrected chi connectivity index (χ3v) is 2.30. The van der Waals surface area contributed by atoms with Gasteiger partial charge in [0.2, 0.25) is 0 Å². The summed E-state index contributed by atoms with van der Waals surface area (Å²) in [6, 6.07) is 0. The highest BCUT2D eigenvalue weighted by Gasteiger charge is 2.28. The summed E-state index contributed by atoms with van der Waals surface area (Å²) >= 11 is 0. The van der Waals surface area contributed by atoms with Gasteiger partial charge < -0.3 is 15.6 Å². The van der Waals surface area contributed by atoms with Crippen LogP contribution in [0.2, 0.25) is 0 Å². The van der Waals surface area contributed by atoms with E-state index >= 15 is 0 Å². The van der Waals surface area contributed by atoms with E-state index in [2.05, 4.69) is 4.74 Å². The maximum Gasteiger partial charge on any atom is 0.404 e. The van der Waals surface area contributed by atoms with Gasteiger partial charge in [-0.2, -0.15) is 0 Å². The molecule has 0 aromatic rings. The second kappa shape index (κ2) is 4.30. The van der Waals surface area contributed by atoms with Crippen LogP contribution in [0.3, 0.4) is 0 Å².